The Morgan fingerprint density at radius 2 is 2.00 bits per heavy atom. The van der Waals surface area contributed by atoms with Crippen LogP contribution in [0.3, 0.4) is 0 Å². The summed E-state index contributed by atoms with van der Waals surface area (Å²) in [6.45, 7) is 1.99. The summed E-state index contributed by atoms with van der Waals surface area (Å²) in [6.07, 6.45) is 2.49. The first-order chi connectivity index (χ1) is 8.12. The molecule has 1 aromatic heterocycles. The second-order valence-corrected chi connectivity index (χ2v) is 6.04. The molecule has 0 fully saturated rings. The smallest absolute Gasteiger partial charge is 0.226 e. The van der Waals surface area contributed by atoms with Gasteiger partial charge in [-0.3, -0.25) is 0 Å². The number of rotatable bonds is 4. The fourth-order valence-corrected chi connectivity index (χ4v) is 3.14. The molecular weight excluding hydrogens is 256 g/mol. The van der Waals surface area contributed by atoms with Crippen LogP contribution in [0.25, 0.3) is 0 Å². The third kappa shape index (κ3) is 2.83. The lowest BCUT2D eigenvalue weighted by molar-refractivity contribution is 0.590. The van der Waals surface area contributed by atoms with Crippen molar-refractivity contribution >= 4 is 26.5 Å². The van der Waals surface area contributed by atoms with Crippen molar-refractivity contribution in [2.75, 3.05) is 0 Å². The topological polar surface area (TPSA) is 61.1 Å². The van der Waals surface area contributed by atoms with Crippen molar-refractivity contribution in [2.24, 2.45) is 0 Å². The Hall–Kier alpha value is -1.40. The Bertz CT molecular complexity index is 591. The number of aromatic nitrogens is 1. The van der Waals surface area contributed by atoms with Gasteiger partial charge >= 0.3 is 0 Å². The minimum Gasteiger partial charge on any atom is -0.226 e. The molecule has 0 spiro atoms. The lowest BCUT2D eigenvalue weighted by Gasteiger charge is -2.00. The lowest BCUT2D eigenvalue weighted by Crippen LogP contribution is -2.11. The van der Waals surface area contributed by atoms with Gasteiger partial charge in [-0.1, -0.05) is 36.5 Å². The highest BCUT2D eigenvalue weighted by molar-refractivity contribution is 7.89. The van der Waals surface area contributed by atoms with Crippen LogP contribution in [-0.2, 0) is 16.4 Å². The quantitative estimate of drug-likeness (QED) is 0.854. The predicted molar refractivity (Wildman–Crippen MR) is 66.9 cm³/mol. The highest BCUT2D eigenvalue weighted by atomic mass is 32.2. The maximum Gasteiger partial charge on any atom is 0.285 e. The van der Waals surface area contributed by atoms with Gasteiger partial charge in [-0.2, -0.15) is 8.42 Å². The van der Waals surface area contributed by atoms with Crippen LogP contribution >= 0.6 is 11.3 Å². The molecule has 2 rings (SSSR count). The van der Waals surface area contributed by atoms with Gasteiger partial charge in [0.2, 0.25) is 5.13 Å². The van der Waals surface area contributed by atoms with E-state index in [-0.39, 0.29) is 10.0 Å². The van der Waals surface area contributed by atoms with E-state index < -0.39 is 10.0 Å². The van der Waals surface area contributed by atoms with Gasteiger partial charge in [0.1, 0.15) is 0 Å². The minimum atomic E-state index is -3.64. The summed E-state index contributed by atoms with van der Waals surface area (Å²) in [5.41, 5.74) is 0. The van der Waals surface area contributed by atoms with Crippen LogP contribution in [0.4, 0.5) is 5.13 Å². The first kappa shape index (κ1) is 12.1. The van der Waals surface area contributed by atoms with E-state index in [4.69, 9.17) is 0 Å². The zero-order valence-corrected chi connectivity index (χ0v) is 10.8. The third-order valence-corrected chi connectivity index (χ3v) is 4.56. The van der Waals surface area contributed by atoms with Crippen molar-refractivity contribution < 1.29 is 8.42 Å². The van der Waals surface area contributed by atoms with Crippen LogP contribution in [0.1, 0.15) is 11.8 Å². The second-order valence-electron chi connectivity index (χ2n) is 3.34. The highest BCUT2D eigenvalue weighted by Gasteiger charge is 2.17. The van der Waals surface area contributed by atoms with E-state index in [2.05, 4.69) is 9.71 Å². The van der Waals surface area contributed by atoms with Crippen LogP contribution in [-0.4, -0.2) is 13.4 Å². The lowest BCUT2D eigenvalue weighted by atomic mass is 10.4. The number of hydrogen-bond donors (Lipinski definition) is 0. The molecule has 1 radical (unpaired) electrons. The van der Waals surface area contributed by atoms with Crippen molar-refractivity contribution in [1.29, 1.82) is 0 Å². The zero-order chi connectivity index (χ0) is 12.3. The van der Waals surface area contributed by atoms with Crippen molar-refractivity contribution in [1.82, 2.24) is 9.71 Å². The molecule has 0 N–H and O–H groups in total. The molecule has 0 aliphatic rings. The fraction of sp³-hybridized carbons (Fsp3) is 0.182. The Labute approximate surface area is 104 Å². The van der Waals surface area contributed by atoms with E-state index in [9.17, 15) is 8.42 Å². The zero-order valence-electron chi connectivity index (χ0n) is 9.20. The molecule has 2 aromatic rings. The molecule has 0 saturated heterocycles. The summed E-state index contributed by atoms with van der Waals surface area (Å²) >= 11 is 1.30. The summed E-state index contributed by atoms with van der Waals surface area (Å²) in [7, 11) is -3.64. The molecule has 0 saturated carbocycles. The van der Waals surface area contributed by atoms with Gasteiger partial charge in [0.15, 0.2) is 0 Å². The largest absolute Gasteiger partial charge is 0.285 e. The fourth-order valence-electron chi connectivity index (χ4n) is 1.25. The molecule has 0 bridgehead atoms. The maximum atomic E-state index is 11.9. The number of nitrogens with zero attached hydrogens (tertiary/aromatic N) is 2. The normalized spacial score (nSPS) is 11.4. The van der Waals surface area contributed by atoms with E-state index in [1.165, 1.54) is 23.5 Å². The van der Waals surface area contributed by atoms with E-state index in [1.807, 2.05) is 6.92 Å². The molecule has 0 atom stereocenters. The average Bonchev–Trinajstić information content (AvgIpc) is 2.77. The first-order valence-corrected chi connectivity index (χ1v) is 7.35. The Morgan fingerprint density at radius 3 is 2.59 bits per heavy atom. The van der Waals surface area contributed by atoms with Crippen molar-refractivity contribution in [3.63, 3.8) is 0 Å². The Morgan fingerprint density at radius 1 is 1.29 bits per heavy atom. The summed E-state index contributed by atoms with van der Waals surface area (Å²) < 4.78 is 27.5. The highest BCUT2D eigenvalue weighted by Crippen LogP contribution is 2.22. The molecular formula is C11H11N2O2S2. The van der Waals surface area contributed by atoms with E-state index >= 15 is 0 Å². The predicted octanol–water partition coefficient (Wildman–Crippen LogP) is 2.33. The molecule has 1 heterocycles. The van der Waals surface area contributed by atoms with E-state index in [0.717, 1.165) is 11.3 Å². The monoisotopic (exact) mass is 267 g/mol. The Balaban J connectivity index is 2.24. The van der Waals surface area contributed by atoms with Gasteiger partial charge in [-0.05, 0) is 18.6 Å². The average molecular weight is 267 g/mol. The SMILES string of the molecule is CCc1cnc([N]S(=O)(=O)c2ccccc2)s1. The van der Waals surface area contributed by atoms with Gasteiger partial charge in [-0.25, -0.2) is 4.98 Å². The molecule has 0 unspecified atom stereocenters. The maximum absolute atomic E-state index is 11.9. The van der Waals surface area contributed by atoms with Crippen LogP contribution in [0.5, 0.6) is 0 Å². The number of benzene rings is 1. The first-order valence-electron chi connectivity index (χ1n) is 5.09. The number of thiazole rings is 1. The van der Waals surface area contributed by atoms with Crippen molar-refractivity contribution in [2.45, 2.75) is 18.2 Å². The molecule has 0 aliphatic heterocycles. The van der Waals surface area contributed by atoms with Crippen molar-refractivity contribution in [3.05, 3.63) is 41.4 Å². The van der Waals surface area contributed by atoms with Gasteiger partial charge in [0.25, 0.3) is 10.0 Å². The van der Waals surface area contributed by atoms with Crippen LogP contribution < -0.4 is 4.72 Å². The number of aryl methyl sites for hydroxylation is 1. The summed E-state index contributed by atoms with van der Waals surface area (Å²) in [5.74, 6) is 0. The molecule has 6 heteroatoms. The molecule has 4 nitrogen and oxygen atoms in total. The van der Waals surface area contributed by atoms with Crippen LogP contribution in [0.2, 0.25) is 0 Å². The van der Waals surface area contributed by atoms with E-state index in [1.54, 1.807) is 24.4 Å². The van der Waals surface area contributed by atoms with Crippen molar-refractivity contribution in [3.8, 4) is 0 Å². The standard InChI is InChI=1S/C11H11N2O2S2/c1-2-9-8-12-11(16-9)13-17(14,15)10-6-4-3-5-7-10/h3-8H,2H2,1H3. The van der Waals surface area contributed by atoms with Gasteiger partial charge in [0.05, 0.1) is 4.90 Å². The van der Waals surface area contributed by atoms with E-state index in [0.29, 0.717) is 0 Å². The molecule has 0 aliphatic carbocycles. The minimum absolute atomic E-state index is 0.188. The van der Waals surface area contributed by atoms with Gasteiger partial charge in [-0.15, -0.1) is 4.72 Å². The van der Waals surface area contributed by atoms with Crippen LogP contribution in [0, 0.1) is 0 Å². The number of sulfonamides is 1. The summed E-state index contributed by atoms with van der Waals surface area (Å²) in [4.78, 5) is 5.18. The molecule has 1 aromatic carbocycles. The molecule has 17 heavy (non-hydrogen) atoms. The Kier molecular flexibility index (Phi) is 3.44. The summed E-state index contributed by atoms with van der Waals surface area (Å²) in [5, 5.41) is 0.283. The molecule has 0 amide bonds. The van der Waals surface area contributed by atoms with Gasteiger partial charge < -0.3 is 0 Å². The second kappa shape index (κ2) is 4.85. The third-order valence-electron chi connectivity index (χ3n) is 2.13. The summed E-state index contributed by atoms with van der Waals surface area (Å²) in [6, 6.07) is 8.14. The molecule has 89 valence electrons. The van der Waals surface area contributed by atoms with Gasteiger partial charge in [0, 0.05) is 11.1 Å². The number of hydrogen-bond acceptors (Lipinski definition) is 4. The van der Waals surface area contributed by atoms with Crippen LogP contribution in [0.15, 0.2) is 41.4 Å².